The number of aliphatic hydroxyl groups is 1. The Balaban J connectivity index is 2.68. The van der Waals surface area contributed by atoms with Crippen molar-refractivity contribution < 1.29 is 14.6 Å². The van der Waals surface area contributed by atoms with Gasteiger partial charge in [0.2, 0.25) is 0 Å². The molecule has 0 amide bonds. The Bertz CT molecular complexity index is 639. The van der Waals surface area contributed by atoms with E-state index in [1.807, 2.05) is 25.1 Å². The van der Waals surface area contributed by atoms with Crippen LogP contribution in [0.1, 0.15) is 83.1 Å². The predicted octanol–water partition coefficient (Wildman–Crippen LogP) is 5.99. The maximum atomic E-state index is 11.2. The molecule has 1 N–H and O–H groups in total. The van der Waals surface area contributed by atoms with Crippen molar-refractivity contribution in [2.45, 2.75) is 79.2 Å². The van der Waals surface area contributed by atoms with Gasteiger partial charge >= 0.3 is 0 Å². The van der Waals surface area contributed by atoms with Gasteiger partial charge in [-0.1, -0.05) is 45.4 Å². The van der Waals surface area contributed by atoms with Crippen molar-refractivity contribution >= 4 is 6.29 Å². The molecular formula is C24H38O3. The molecule has 0 bridgehead atoms. The summed E-state index contributed by atoms with van der Waals surface area (Å²) in [4.78, 5) is 11.2. The SMILES string of the molecule is COc1ccc(CCC(C)(O)CC(C)(C)CC=C(C)CC(C)C)cc1C=O. The first kappa shape index (κ1) is 23.4. The molecule has 0 aromatic heterocycles. The van der Waals surface area contributed by atoms with E-state index >= 15 is 0 Å². The number of carbonyl (C=O) groups excluding carboxylic acids is 1. The number of hydrogen-bond acceptors (Lipinski definition) is 3. The van der Waals surface area contributed by atoms with Crippen LogP contribution in [0.3, 0.4) is 0 Å². The first-order valence-corrected chi connectivity index (χ1v) is 9.98. The highest BCUT2D eigenvalue weighted by Gasteiger charge is 2.29. The number of allylic oxidation sites excluding steroid dienone is 2. The summed E-state index contributed by atoms with van der Waals surface area (Å²) in [5.41, 5.74) is 2.32. The number of carbonyl (C=O) groups is 1. The number of aryl methyl sites for hydroxylation is 1. The van der Waals surface area contributed by atoms with Crippen molar-refractivity contribution in [3.8, 4) is 5.75 Å². The van der Waals surface area contributed by atoms with Gasteiger partial charge in [-0.05, 0) is 75.0 Å². The van der Waals surface area contributed by atoms with Gasteiger partial charge in [0.15, 0.2) is 6.29 Å². The van der Waals surface area contributed by atoms with E-state index in [1.54, 1.807) is 7.11 Å². The van der Waals surface area contributed by atoms with Crippen LogP contribution in [-0.2, 0) is 6.42 Å². The minimum absolute atomic E-state index is 0.0373. The van der Waals surface area contributed by atoms with Crippen molar-refractivity contribution in [2.75, 3.05) is 7.11 Å². The third kappa shape index (κ3) is 8.75. The molecule has 0 fully saturated rings. The lowest BCUT2D eigenvalue weighted by Crippen LogP contribution is -2.32. The Morgan fingerprint density at radius 3 is 2.48 bits per heavy atom. The average Bonchev–Trinajstić information content (AvgIpc) is 2.56. The summed E-state index contributed by atoms with van der Waals surface area (Å²) in [6.07, 6.45) is 7.38. The minimum atomic E-state index is -0.745. The lowest BCUT2D eigenvalue weighted by atomic mass is 9.76. The molecule has 1 aromatic rings. The third-order valence-electron chi connectivity index (χ3n) is 4.97. The fraction of sp³-hybridized carbons (Fsp3) is 0.625. The van der Waals surface area contributed by atoms with E-state index in [0.717, 1.165) is 37.5 Å². The Kier molecular flexibility index (Phi) is 8.74. The summed E-state index contributed by atoms with van der Waals surface area (Å²) in [5.74, 6) is 1.26. The molecule has 152 valence electrons. The Labute approximate surface area is 165 Å². The summed E-state index contributed by atoms with van der Waals surface area (Å²) in [5, 5.41) is 10.9. The van der Waals surface area contributed by atoms with Crippen LogP contribution in [0.25, 0.3) is 0 Å². The quantitative estimate of drug-likeness (QED) is 0.382. The van der Waals surface area contributed by atoms with Crippen molar-refractivity contribution in [3.05, 3.63) is 41.0 Å². The second-order valence-electron chi connectivity index (χ2n) is 9.38. The molecule has 0 aliphatic rings. The van der Waals surface area contributed by atoms with E-state index in [0.29, 0.717) is 23.7 Å². The predicted molar refractivity (Wildman–Crippen MR) is 114 cm³/mol. The van der Waals surface area contributed by atoms with Crippen LogP contribution in [0, 0.1) is 11.3 Å². The molecule has 0 aliphatic heterocycles. The molecule has 3 nitrogen and oxygen atoms in total. The Morgan fingerprint density at radius 2 is 1.93 bits per heavy atom. The number of aldehydes is 1. The highest BCUT2D eigenvalue weighted by molar-refractivity contribution is 5.79. The molecule has 0 saturated heterocycles. The number of hydrogen-bond donors (Lipinski definition) is 1. The molecule has 1 aromatic carbocycles. The topological polar surface area (TPSA) is 46.5 Å². The van der Waals surface area contributed by atoms with Crippen molar-refractivity contribution in [2.24, 2.45) is 11.3 Å². The fourth-order valence-electron chi connectivity index (χ4n) is 3.81. The molecule has 0 saturated carbocycles. The van der Waals surface area contributed by atoms with Crippen molar-refractivity contribution in [1.82, 2.24) is 0 Å². The number of ether oxygens (including phenoxy) is 1. The minimum Gasteiger partial charge on any atom is -0.496 e. The maximum absolute atomic E-state index is 11.2. The molecule has 1 atom stereocenters. The lowest BCUT2D eigenvalue weighted by Gasteiger charge is -2.33. The second-order valence-corrected chi connectivity index (χ2v) is 9.38. The van der Waals surface area contributed by atoms with Gasteiger partial charge in [0, 0.05) is 0 Å². The normalized spacial score (nSPS) is 14.9. The molecule has 0 spiro atoms. The molecule has 0 heterocycles. The van der Waals surface area contributed by atoms with E-state index in [1.165, 1.54) is 5.57 Å². The first-order valence-electron chi connectivity index (χ1n) is 9.98. The number of rotatable bonds is 11. The van der Waals surface area contributed by atoms with Gasteiger partial charge in [0.25, 0.3) is 0 Å². The van der Waals surface area contributed by atoms with Crippen molar-refractivity contribution in [1.29, 1.82) is 0 Å². The summed E-state index contributed by atoms with van der Waals surface area (Å²) in [6.45, 7) is 13.0. The van der Waals surface area contributed by atoms with Crippen LogP contribution in [0.5, 0.6) is 5.75 Å². The zero-order valence-electron chi connectivity index (χ0n) is 18.3. The molecule has 3 heteroatoms. The van der Waals surface area contributed by atoms with Crippen LogP contribution in [-0.4, -0.2) is 24.1 Å². The highest BCUT2D eigenvalue weighted by Crippen LogP contribution is 2.35. The number of methoxy groups -OCH3 is 1. The maximum Gasteiger partial charge on any atom is 0.153 e. The number of benzene rings is 1. The second kappa shape index (κ2) is 10.1. The van der Waals surface area contributed by atoms with Crippen LogP contribution in [0.15, 0.2) is 29.8 Å². The summed E-state index contributed by atoms with van der Waals surface area (Å²) in [7, 11) is 1.56. The van der Waals surface area contributed by atoms with Crippen LogP contribution < -0.4 is 4.74 Å². The molecule has 1 unspecified atom stereocenters. The van der Waals surface area contributed by atoms with Crippen LogP contribution in [0.2, 0.25) is 0 Å². The Hall–Kier alpha value is -1.61. The van der Waals surface area contributed by atoms with Gasteiger partial charge in [0.1, 0.15) is 5.75 Å². The van der Waals surface area contributed by atoms with Gasteiger partial charge < -0.3 is 9.84 Å². The van der Waals surface area contributed by atoms with Gasteiger partial charge in [-0.2, -0.15) is 0 Å². The molecular weight excluding hydrogens is 336 g/mol. The molecule has 0 aliphatic carbocycles. The summed E-state index contributed by atoms with van der Waals surface area (Å²) in [6, 6.07) is 5.64. The van der Waals surface area contributed by atoms with E-state index in [9.17, 15) is 9.90 Å². The fourth-order valence-corrected chi connectivity index (χ4v) is 3.81. The Morgan fingerprint density at radius 1 is 1.26 bits per heavy atom. The van der Waals surface area contributed by atoms with Crippen molar-refractivity contribution in [3.63, 3.8) is 0 Å². The van der Waals surface area contributed by atoms with E-state index < -0.39 is 5.60 Å². The van der Waals surface area contributed by atoms with E-state index in [4.69, 9.17) is 4.74 Å². The molecule has 27 heavy (non-hydrogen) atoms. The first-order chi connectivity index (χ1) is 12.5. The zero-order valence-corrected chi connectivity index (χ0v) is 18.3. The summed E-state index contributed by atoms with van der Waals surface area (Å²) < 4.78 is 5.19. The third-order valence-corrected chi connectivity index (χ3v) is 4.97. The molecule has 0 radical (unpaired) electrons. The molecule has 1 rings (SSSR count). The van der Waals surface area contributed by atoms with Crippen LogP contribution in [0.4, 0.5) is 0 Å². The van der Waals surface area contributed by atoms with Gasteiger partial charge in [-0.15, -0.1) is 0 Å². The zero-order chi connectivity index (χ0) is 20.7. The van der Waals surface area contributed by atoms with Gasteiger partial charge in [-0.3, -0.25) is 4.79 Å². The monoisotopic (exact) mass is 374 g/mol. The standard InChI is InChI=1S/C24H38O3/c1-18(2)14-19(3)10-12-23(4,5)17-24(6,26)13-11-20-8-9-22(27-7)21(15-20)16-25/h8-10,15-16,18,26H,11-14,17H2,1-7H3. The van der Waals surface area contributed by atoms with Crippen LogP contribution >= 0.6 is 0 Å². The lowest BCUT2D eigenvalue weighted by molar-refractivity contribution is 0.00788. The van der Waals surface area contributed by atoms with E-state index in [-0.39, 0.29) is 5.41 Å². The van der Waals surface area contributed by atoms with Gasteiger partial charge in [-0.25, -0.2) is 0 Å². The highest BCUT2D eigenvalue weighted by atomic mass is 16.5. The van der Waals surface area contributed by atoms with Gasteiger partial charge in [0.05, 0.1) is 18.3 Å². The largest absolute Gasteiger partial charge is 0.496 e. The summed E-state index contributed by atoms with van der Waals surface area (Å²) >= 11 is 0. The van der Waals surface area contributed by atoms with E-state index in [2.05, 4.69) is 40.7 Å². The average molecular weight is 375 g/mol. The smallest absolute Gasteiger partial charge is 0.153 e.